The van der Waals surface area contributed by atoms with Crippen LogP contribution in [0.2, 0.25) is 5.15 Å². The summed E-state index contributed by atoms with van der Waals surface area (Å²) < 4.78 is 6.61. The molecule has 1 aromatic carbocycles. The van der Waals surface area contributed by atoms with Crippen LogP contribution in [-0.2, 0) is 11.3 Å². The molecular weight excluding hydrogens is 292 g/mol. The molecule has 0 aliphatic heterocycles. The highest BCUT2D eigenvalue weighted by molar-refractivity contribution is 6.32. The first kappa shape index (κ1) is 13.4. The predicted molar refractivity (Wildman–Crippen MR) is 78.2 cm³/mol. The van der Waals surface area contributed by atoms with Crippen molar-refractivity contribution in [3.63, 3.8) is 0 Å². The van der Waals surface area contributed by atoms with Crippen LogP contribution in [0.5, 0.6) is 0 Å². The lowest BCUT2D eigenvalue weighted by molar-refractivity contribution is 0.155. The summed E-state index contributed by atoms with van der Waals surface area (Å²) in [5.74, 6) is 0.0850. The number of halogens is 1. The van der Waals surface area contributed by atoms with E-state index in [1.807, 2.05) is 30.3 Å². The highest BCUT2D eigenvalue weighted by atomic mass is 35.5. The lowest BCUT2D eigenvalue weighted by atomic mass is 10.2. The summed E-state index contributed by atoms with van der Waals surface area (Å²) in [4.78, 5) is 15.7. The highest BCUT2D eigenvalue weighted by Crippen LogP contribution is 2.16. The number of hydrogen-bond acceptors (Lipinski definition) is 4. The van der Waals surface area contributed by atoms with Gasteiger partial charge in [0.25, 0.3) is 5.95 Å². The zero-order valence-electron chi connectivity index (χ0n) is 10.9. The number of hydrogen-bond donors (Lipinski definition) is 1. The maximum absolute atomic E-state index is 11.7. The van der Waals surface area contributed by atoms with Gasteiger partial charge in [0.05, 0.1) is 0 Å². The Morgan fingerprint density at radius 1 is 1.24 bits per heavy atom. The summed E-state index contributed by atoms with van der Waals surface area (Å²) in [5, 5.41) is 6.80. The number of benzene rings is 1. The second-order valence-corrected chi connectivity index (χ2v) is 4.61. The van der Waals surface area contributed by atoms with Gasteiger partial charge in [-0.3, -0.25) is 5.32 Å². The van der Waals surface area contributed by atoms with Crippen molar-refractivity contribution in [2.24, 2.45) is 0 Å². The molecule has 7 heteroatoms. The van der Waals surface area contributed by atoms with Crippen molar-refractivity contribution in [1.29, 1.82) is 0 Å². The average molecular weight is 303 g/mol. The Balaban J connectivity index is 1.66. The second-order valence-electron chi connectivity index (χ2n) is 4.25. The van der Waals surface area contributed by atoms with Crippen LogP contribution in [0.15, 0.2) is 48.7 Å². The number of amides is 1. The molecule has 0 aliphatic rings. The van der Waals surface area contributed by atoms with E-state index in [1.165, 1.54) is 4.52 Å². The molecular formula is C14H11ClN4O2. The standard InChI is InChI=1S/C14H11ClN4O2/c15-12-11-7-4-8-19(11)18-13(16-12)17-14(20)21-9-10-5-2-1-3-6-10/h1-8H,9H2,(H,17,18,20). The van der Waals surface area contributed by atoms with Crippen LogP contribution >= 0.6 is 11.6 Å². The van der Waals surface area contributed by atoms with Crippen molar-refractivity contribution in [1.82, 2.24) is 14.6 Å². The fraction of sp³-hybridized carbons (Fsp3) is 0.0714. The molecule has 0 atom stereocenters. The molecule has 0 radical (unpaired) electrons. The van der Waals surface area contributed by atoms with Gasteiger partial charge in [0.1, 0.15) is 12.1 Å². The molecule has 1 amide bonds. The number of nitrogens with zero attached hydrogens (tertiary/aromatic N) is 3. The number of nitrogens with one attached hydrogen (secondary N) is 1. The maximum Gasteiger partial charge on any atom is 0.414 e. The molecule has 0 saturated heterocycles. The van der Waals surface area contributed by atoms with Crippen molar-refractivity contribution in [2.45, 2.75) is 6.61 Å². The van der Waals surface area contributed by atoms with E-state index in [-0.39, 0.29) is 17.7 Å². The summed E-state index contributed by atoms with van der Waals surface area (Å²) >= 11 is 6.00. The molecule has 0 unspecified atom stereocenters. The van der Waals surface area contributed by atoms with E-state index in [0.717, 1.165) is 5.56 Å². The molecule has 2 heterocycles. The Hall–Kier alpha value is -2.60. The van der Waals surface area contributed by atoms with E-state index >= 15 is 0 Å². The van der Waals surface area contributed by atoms with Gasteiger partial charge < -0.3 is 4.74 Å². The zero-order valence-corrected chi connectivity index (χ0v) is 11.6. The largest absolute Gasteiger partial charge is 0.444 e. The second kappa shape index (κ2) is 5.80. The van der Waals surface area contributed by atoms with Crippen LogP contribution in [0.3, 0.4) is 0 Å². The van der Waals surface area contributed by atoms with Crippen LogP contribution in [0.1, 0.15) is 5.56 Å². The van der Waals surface area contributed by atoms with Crippen LogP contribution < -0.4 is 5.32 Å². The Bertz CT molecular complexity index is 773. The van der Waals surface area contributed by atoms with Crippen LogP contribution in [0, 0.1) is 0 Å². The third-order valence-electron chi connectivity index (χ3n) is 2.77. The molecule has 3 aromatic rings. The number of anilines is 1. The third kappa shape index (κ3) is 3.11. The monoisotopic (exact) mass is 302 g/mol. The van der Waals surface area contributed by atoms with Crippen molar-refractivity contribution < 1.29 is 9.53 Å². The lowest BCUT2D eigenvalue weighted by Gasteiger charge is -2.06. The molecule has 106 valence electrons. The fourth-order valence-electron chi connectivity index (χ4n) is 1.80. The molecule has 6 nitrogen and oxygen atoms in total. The quantitative estimate of drug-likeness (QED) is 0.807. The van der Waals surface area contributed by atoms with E-state index in [2.05, 4.69) is 15.4 Å². The van der Waals surface area contributed by atoms with Crippen LogP contribution in [-0.4, -0.2) is 20.7 Å². The topological polar surface area (TPSA) is 68.5 Å². The van der Waals surface area contributed by atoms with Gasteiger partial charge in [-0.05, 0) is 17.7 Å². The van der Waals surface area contributed by atoms with Gasteiger partial charge in [-0.2, -0.15) is 4.98 Å². The number of carbonyl (C=O) groups excluding carboxylic acids is 1. The van der Waals surface area contributed by atoms with Gasteiger partial charge >= 0.3 is 6.09 Å². The van der Waals surface area contributed by atoms with E-state index in [1.54, 1.807) is 18.3 Å². The first-order valence-corrected chi connectivity index (χ1v) is 6.59. The van der Waals surface area contributed by atoms with Gasteiger partial charge in [-0.15, -0.1) is 5.10 Å². The molecule has 0 aliphatic carbocycles. The molecule has 2 aromatic heterocycles. The molecule has 0 spiro atoms. The van der Waals surface area contributed by atoms with E-state index < -0.39 is 6.09 Å². The summed E-state index contributed by atoms with van der Waals surface area (Å²) in [6, 6.07) is 12.9. The van der Waals surface area contributed by atoms with E-state index in [9.17, 15) is 4.79 Å². The minimum absolute atomic E-state index is 0.0850. The molecule has 21 heavy (non-hydrogen) atoms. The van der Waals surface area contributed by atoms with Gasteiger partial charge in [-0.1, -0.05) is 41.9 Å². The summed E-state index contributed by atoms with van der Waals surface area (Å²) in [6.45, 7) is 0.173. The van der Waals surface area contributed by atoms with Gasteiger partial charge in [0.2, 0.25) is 0 Å². The van der Waals surface area contributed by atoms with Crippen LogP contribution in [0.4, 0.5) is 10.7 Å². The Labute approximate surface area is 125 Å². The molecule has 3 rings (SSSR count). The normalized spacial score (nSPS) is 10.5. The smallest absolute Gasteiger partial charge is 0.414 e. The molecule has 1 N–H and O–H groups in total. The Morgan fingerprint density at radius 3 is 2.86 bits per heavy atom. The van der Waals surface area contributed by atoms with Crippen molar-refractivity contribution in [2.75, 3.05) is 5.32 Å². The number of aromatic nitrogens is 3. The summed E-state index contributed by atoms with van der Waals surface area (Å²) in [6.07, 6.45) is 1.07. The maximum atomic E-state index is 11.7. The van der Waals surface area contributed by atoms with Crippen LogP contribution in [0.25, 0.3) is 5.52 Å². The lowest BCUT2D eigenvalue weighted by Crippen LogP contribution is -2.16. The number of fused-ring (bicyclic) bond motifs is 1. The van der Waals surface area contributed by atoms with Gasteiger partial charge in [0, 0.05) is 6.20 Å². The fourth-order valence-corrected chi connectivity index (χ4v) is 2.03. The summed E-state index contributed by atoms with van der Waals surface area (Å²) in [5.41, 5.74) is 1.56. The van der Waals surface area contributed by atoms with Crippen molar-refractivity contribution >= 4 is 29.2 Å². The van der Waals surface area contributed by atoms with Crippen molar-refractivity contribution in [3.8, 4) is 0 Å². The average Bonchev–Trinajstić information content (AvgIpc) is 2.95. The first-order chi connectivity index (χ1) is 10.2. The predicted octanol–water partition coefficient (Wildman–Crippen LogP) is 3.13. The molecule has 0 saturated carbocycles. The Morgan fingerprint density at radius 2 is 2.05 bits per heavy atom. The van der Waals surface area contributed by atoms with E-state index in [4.69, 9.17) is 16.3 Å². The minimum atomic E-state index is -0.638. The molecule has 0 fully saturated rings. The highest BCUT2D eigenvalue weighted by Gasteiger charge is 2.09. The summed E-state index contributed by atoms with van der Waals surface area (Å²) in [7, 11) is 0. The third-order valence-corrected chi connectivity index (χ3v) is 3.05. The number of ether oxygens (including phenoxy) is 1. The zero-order chi connectivity index (χ0) is 14.7. The van der Waals surface area contributed by atoms with Crippen molar-refractivity contribution in [3.05, 3.63) is 59.4 Å². The SMILES string of the molecule is O=C(Nc1nc(Cl)c2cccn2n1)OCc1ccccc1. The van der Waals surface area contributed by atoms with Gasteiger partial charge in [-0.25, -0.2) is 9.31 Å². The first-order valence-electron chi connectivity index (χ1n) is 6.21. The number of rotatable bonds is 3. The van der Waals surface area contributed by atoms with E-state index in [0.29, 0.717) is 5.52 Å². The number of carbonyl (C=O) groups is 1. The van der Waals surface area contributed by atoms with Gasteiger partial charge in [0.15, 0.2) is 5.15 Å². The molecule has 0 bridgehead atoms. The Kier molecular flexibility index (Phi) is 3.70. The minimum Gasteiger partial charge on any atom is -0.444 e.